The molecule has 200 valence electrons. The number of aromatic amines is 1. The number of H-pyrrole nitrogens is 1. The van der Waals surface area contributed by atoms with Crippen molar-refractivity contribution in [3.63, 3.8) is 0 Å². The van der Waals surface area contributed by atoms with Crippen molar-refractivity contribution in [2.75, 3.05) is 27.9 Å². The third-order valence-electron chi connectivity index (χ3n) is 7.19. The topological polar surface area (TPSA) is 101 Å². The lowest BCUT2D eigenvalue weighted by Gasteiger charge is -2.25. The molecule has 4 aromatic rings. The van der Waals surface area contributed by atoms with E-state index in [1.807, 2.05) is 55.6 Å². The Morgan fingerprint density at radius 2 is 1.67 bits per heavy atom. The van der Waals surface area contributed by atoms with Gasteiger partial charge in [-0.1, -0.05) is 29.8 Å². The van der Waals surface area contributed by atoms with E-state index in [1.165, 1.54) is 19.1 Å². The molecule has 0 bridgehead atoms. The molecule has 0 saturated carbocycles. The third kappa shape index (κ3) is 4.69. The van der Waals surface area contributed by atoms with Crippen LogP contribution in [0.1, 0.15) is 28.3 Å². The number of aliphatic hydroxyl groups excluding tert-OH is 1. The molecule has 1 aliphatic rings. The van der Waals surface area contributed by atoms with E-state index >= 15 is 0 Å². The number of likely N-dealkylation sites (tertiary alicyclic amines) is 1. The van der Waals surface area contributed by atoms with E-state index in [0.717, 1.165) is 33.3 Å². The molecule has 0 aliphatic carbocycles. The highest BCUT2D eigenvalue weighted by Gasteiger charge is 2.46. The number of hydrogen-bond acceptors (Lipinski definition) is 6. The van der Waals surface area contributed by atoms with Crippen molar-refractivity contribution in [1.29, 1.82) is 0 Å². The molecule has 1 aromatic heterocycles. The van der Waals surface area contributed by atoms with E-state index in [9.17, 15) is 14.7 Å². The summed E-state index contributed by atoms with van der Waals surface area (Å²) in [5.74, 6) is -0.0246. The van der Waals surface area contributed by atoms with Gasteiger partial charge in [0, 0.05) is 29.2 Å². The summed E-state index contributed by atoms with van der Waals surface area (Å²) < 4.78 is 16.1. The Hall–Kier alpha value is -4.72. The van der Waals surface area contributed by atoms with Crippen molar-refractivity contribution < 1.29 is 28.9 Å². The van der Waals surface area contributed by atoms with E-state index in [4.69, 9.17) is 14.2 Å². The van der Waals surface area contributed by atoms with E-state index in [2.05, 4.69) is 4.98 Å². The second-order valence-electron chi connectivity index (χ2n) is 9.45. The molecule has 1 aliphatic heterocycles. The minimum absolute atomic E-state index is 0.0386. The molecule has 39 heavy (non-hydrogen) atoms. The number of aliphatic hydroxyl groups is 1. The van der Waals surface area contributed by atoms with Gasteiger partial charge in [0.1, 0.15) is 11.5 Å². The molecule has 2 heterocycles. The molecule has 2 N–H and O–H groups in total. The zero-order valence-electron chi connectivity index (χ0n) is 22.3. The van der Waals surface area contributed by atoms with Crippen molar-refractivity contribution >= 4 is 28.4 Å². The summed E-state index contributed by atoms with van der Waals surface area (Å²) in [6.07, 6.45) is 2.41. The van der Waals surface area contributed by atoms with Crippen molar-refractivity contribution in [1.82, 2.24) is 9.88 Å². The number of carbonyl (C=O) groups is 2. The normalized spacial score (nSPS) is 16.6. The van der Waals surface area contributed by atoms with Crippen molar-refractivity contribution in [2.45, 2.75) is 19.4 Å². The molecule has 1 atom stereocenters. The van der Waals surface area contributed by atoms with Gasteiger partial charge in [0.25, 0.3) is 11.7 Å². The van der Waals surface area contributed by atoms with Gasteiger partial charge in [-0.25, -0.2) is 0 Å². The smallest absolute Gasteiger partial charge is 0.295 e. The van der Waals surface area contributed by atoms with Gasteiger partial charge in [-0.15, -0.1) is 0 Å². The molecule has 1 fully saturated rings. The van der Waals surface area contributed by atoms with Gasteiger partial charge in [0.2, 0.25) is 0 Å². The number of aryl methyl sites for hydroxylation is 1. The summed E-state index contributed by atoms with van der Waals surface area (Å²) >= 11 is 0. The van der Waals surface area contributed by atoms with Gasteiger partial charge < -0.3 is 29.2 Å². The molecule has 5 rings (SSSR count). The van der Waals surface area contributed by atoms with Gasteiger partial charge in [-0.3, -0.25) is 9.59 Å². The van der Waals surface area contributed by atoms with Crippen LogP contribution in [0.2, 0.25) is 0 Å². The van der Waals surface area contributed by atoms with Gasteiger partial charge in [0.15, 0.2) is 11.5 Å². The monoisotopic (exact) mass is 526 g/mol. The number of benzene rings is 3. The molecule has 0 spiro atoms. The number of carbonyl (C=O) groups excluding carboxylic acids is 2. The number of ketones is 1. The van der Waals surface area contributed by atoms with Crippen molar-refractivity contribution in [3.8, 4) is 17.2 Å². The summed E-state index contributed by atoms with van der Waals surface area (Å²) in [6.45, 7) is 2.24. The van der Waals surface area contributed by atoms with E-state index in [0.29, 0.717) is 23.5 Å². The maximum atomic E-state index is 13.4. The lowest BCUT2D eigenvalue weighted by Crippen LogP contribution is -2.31. The van der Waals surface area contributed by atoms with Crippen LogP contribution in [0.5, 0.6) is 17.2 Å². The van der Waals surface area contributed by atoms with Crippen molar-refractivity contribution in [3.05, 3.63) is 94.7 Å². The van der Waals surface area contributed by atoms with E-state index in [-0.39, 0.29) is 17.9 Å². The third-order valence-corrected chi connectivity index (χ3v) is 7.19. The number of methoxy groups -OCH3 is 3. The van der Waals surface area contributed by atoms with Crippen molar-refractivity contribution in [2.24, 2.45) is 0 Å². The molecule has 1 amide bonds. The molecule has 1 saturated heterocycles. The fourth-order valence-electron chi connectivity index (χ4n) is 5.08. The Morgan fingerprint density at radius 3 is 2.36 bits per heavy atom. The molecule has 0 radical (unpaired) electrons. The molecule has 1 unspecified atom stereocenters. The summed E-state index contributed by atoms with van der Waals surface area (Å²) in [5, 5.41) is 12.4. The molecule has 8 heteroatoms. The largest absolute Gasteiger partial charge is 0.507 e. The SMILES string of the molecule is COc1ccc2[nH]cc(CCN3C(=O)C(=O)/C(=C(\O)c4ccc(OC)c(OC)c4)C3c3ccc(C)cc3)c2c1. The number of nitrogens with one attached hydrogen (secondary N) is 1. The second kappa shape index (κ2) is 10.6. The van der Waals surface area contributed by atoms with E-state index in [1.54, 1.807) is 25.3 Å². The first kappa shape index (κ1) is 25.9. The Labute approximate surface area is 226 Å². The van der Waals surface area contributed by atoms with Crippen LogP contribution in [0, 0.1) is 6.92 Å². The maximum Gasteiger partial charge on any atom is 0.295 e. The lowest BCUT2D eigenvalue weighted by atomic mass is 9.94. The highest BCUT2D eigenvalue weighted by molar-refractivity contribution is 6.46. The Bertz CT molecular complexity index is 1580. The van der Waals surface area contributed by atoms with Crippen LogP contribution in [-0.2, 0) is 16.0 Å². The highest BCUT2D eigenvalue weighted by Crippen LogP contribution is 2.41. The van der Waals surface area contributed by atoms with Gasteiger partial charge >= 0.3 is 0 Å². The van der Waals surface area contributed by atoms with E-state index < -0.39 is 17.7 Å². The predicted molar refractivity (Wildman–Crippen MR) is 148 cm³/mol. The molecular weight excluding hydrogens is 496 g/mol. The number of Topliss-reactive ketones (excluding diaryl/α,β-unsaturated/α-hetero) is 1. The Morgan fingerprint density at radius 1 is 0.923 bits per heavy atom. The number of fused-ring (bicyclic) bond motifs is 1. The average molecular weight is 527 g/mol. The molecule has 8 nitrogen and oxygen atoms in total. The minimum atomic E-state index is -0.751. The summed E-state index contributed by atoms with van der Waals surface area (Å²) in [5.41, 5.74) is 4.12. The first-order valence-electron chi connectivity index (χ1n) is 12.6. The Kier molecular flexibility index (Phi) is 7.02. The standard InChI is InChI=1S/C31H30N2O6/c1-18-5-7-19(8-6-18)28-27(29(34)20-9-12-25(38-3)26(15-20)39-4)30(35)31(36)33(28)14-13-21-17-32-24-11-10-22(37-2)16-23(21)24/h5-12,15-17,28,32,34H,13-14H2,1-4H3/b29-27-. The van der Waals surface area contributed by atoms with Crippen LogP contribution in [-0.4, -0.2) is 54.6 Å². The van der Waals surface area contributed by atoms with Crippen LogP contribution in [0.4, 0.5) is 0 Å². The minimum Gasteiger partial charge on any atom is -0.507 e. The van der Waals surface area contributed by atoms with Crippen LogP contribution in [0.3, 0.4) is 0 Å². The average Bonchev–Trinajstić information content (AvgIpc) is 3.48. The highest BCUT2D eigenvalue weighted by atomic mass is 16.5. The number of aromatic nitrogens is 1. The number of nitrogens with zero attached hydrogens (tertiary/aromatic N) is 1. The summed E-state index contributed by atoms with van der Waals surface area (Å²) in [4.78, 5) is 31.6. The fraction of sp³-hybridized carbons (Fsp3) is 0.226. The quantitative estimate of drug-likeness (QED) is 0.187. The molecule has 3 aromatic carbocycles. The Balaban J connectivity index is 1.56. The van der Waals surface area contributed by atoms with Gasteiger partial charge in [-0.2, -0.15) is 0 Å². The zero-order valence-corrected chi connectivity index (χ0v) is 22.3. The first-order valence-corrected chi connectivity index (χ1v) is 12.6. The zero-order chi connectivity index (χ0) is 27.7. The van der Waals surface area contributed by atoms with Gasteiger partial charge in [0.05, 0.1) is 32.9 Å². The second-order valence-corrected chi connectivity index (χ2v) is 9.45. The maximum absolute atomic E-state index is 13.4. The predicted octanol–water partition coefficient (Wildman–Crippen LogP) is 5.17. The van der Waals surface area contributed by atoms with Gasteiger partial charge in [-0.05, 0) is 60.9 Å². The summed E-state index contributed by atoms with van der Waals surface area (Å²) in [7, 11) is 4.63. The molecular formula is C31H30N2O6. The van der Waals surface area contributed by atoms with Crippen LogP contribution in [0.15, 0.2) is 72.4 Å². The van der Waals surface area contributed by atoms with Crippen LogP contribution in [0.25, 0.3) is 16.7 Å². The number of hydrogen-bond donors (Lipinski definition) is 2. The van der Waals surface area contributed by atoms with Crippen LogP contribution >= 0.6 is 0 Å². The number of rotatable bonds is 8. The van der Waals surface area contributed by atoms with Crippen LogP contribution < -0.4 is 14.2 Å². The fourth-order valence-corrected chi connectivity index (χ4v) is 5.08. The number of ether oxygens (including phenoxy) is 3. The first-order chi connectivity index (χ1) is 18.9. The number of amides is 1. The summed E-state index contributed by atoms with van der Waals surface area (Å²) in [6, 6.07) is 17.5. The lowest BCUT2D eigenvalue weighted by molar-refractivity contribution is -0.139.